The summed E-state index contributed by atoms with van der Waals surface area (Å²) in [5, 5.41) is 0. The lowest BCUT2D eigenvalue weighted by atomic mass is 10.3. The van der Waals surface area contributed by atoms with Gasteiger partial charge in [-0.3, -0.25) is 4.72 Å². The third kappa shape index (κ3) is 3.31. The molecule has 106 valence electrons. The Morgan fingerprint density at radius 2 is 1.80 bits per heavy atom. The smallest absolute Gasteiger partial charge is 0.264 e. The number of anilines is 2. The van der Waals surface area contributed by atoms with Crippen molar-refractivity contribution in [3.8, 4) is 0 Å². The maximum absolute atomic E-state index is 13.2. The van der Waals surface area contributed by atoms with Gasteiger partial charge < -0.3 is 5.73 Å². The Kier molecular flexibility index (Phi) is 4.36. The molecule has 0 fully saturated rings. The zero-order chi connectivity index (χ0) is 14.9. The molecule has 0 saturated heterocycles. The summed E-state index contributed by atoms with van der Waals surface area (Å²) < 4.78 is 41.0. The Balaban J connectivity index is 2.46. The molecule has 0 unspecified atom stereocenters. The van der Waals surface area contributed by atoms with Crippen molar-refractivity contribution in [1.82, 2.24) is 0 Å². The Labute approximate surface area is 132 Å². The number of benzene rings is 2. The summed E-state index contributed by atoms with van der Waals surface area (Å²) in [5.41, 5.74) is 5.88. The van der Waals surface area contributed by atoms with Crippen molar-refractivity contribution < 1.29 is 12.8 Å². The second-order valence-corrected chi connectivity index (χ2v) is 7.33. The lowest BCUT2D eigenvalue weighted by molar-refractivity contribution is 0.601. The van der Waals surface area contributed by atoms with Gasteiger partial charge in [0.25, 0.3) is 10.0 Å². The topological polar surface area (TPSA) is 72.2 Å². The van der Waals surface area contributed by atoms with Crippen LogP contribution in [-0.2, 0) is 10.0 Å². The Hall–Kier alpha value is -1.12. The fourth-order valence-corrected chi connectivity index (χ4v) is 3.73. The van der Waals surface area contributed by atoms with Gasteiger partial charge in [-0.25, -0.2) is 12.8 Å². The number of hydrogen-bond donors (Lipinski definition) is 2. The predicted molar refractivity (Wildman–Crippen MR) is 83.5 cm³/mol. The van der Waals surface area contributed by atoms with Crippen LogP contribution in [0.25, 0.3) is 0 Å². The highest BCUT2D eigenvalue weighted by Crippen LogP contribution is 2.29. The molecule has 0 saturated carbocycles. The van der Waals surface area contributed by atoms with E-state index in [9.17, 15) is 12.8 Å². The molecule has 8 heteroatoms. The van der Waals surface area contributed by atoms with Crippen LogP contribution < -0.4 is 10.5 Å². The SMILES string of the molecule is Nc1ccc(Br)cc1S(=O)(=O)Nc1cc(F)ccc1Br. The molecular formula is C12H9Br2FN2O2S. The molecule has 0 bridgehead atoms. The van der Waals surface area contributed by atoms with E-state index in [1.165, 1.54) is 24.3 Å². The van der Waals surface area contributed by atoms with E-state index in [1.807, 2.05) is 0 Å². The van der Waals surface area contributed by atoms with Gasteiger partial charge >= 0.3 is 0 Å². The summed E-state index contributed by atoms with van der Waals surface area (Å²) in [7, 11) is -3.91. The molecule has 3 N–H and O–H groups in total. The summed E-state index contributed by atoms with van der Waals surface area (Å²) in [6.45, 7) is 0. The van der Waals surface area contributed by atoms with E-state index >= 15 is 0 Å². The van der Waals surface area contributed by atoms with Crippen LogP contribution in [0.15, 0.2) is 50.2 Å². The molecule has 2 aromatic carbocycles. The zero-order valence-electron chi connectivity index (χ0n) is 9.90. The van der Waals surface area contributed by atoms with Crippen molar-refractivity contribution in [3.63, 3.8) is 0 Å². The molecule has 0 heterocycles. The van der Waals surface area contributed by atoms with Gasteiger partial charge in [0, 0.05) is 8.95 Å². The van der Waals surface area contributed by atoms with E-state index in [0.717, 1.165) is 6.07 Å². The van der Waals surface area contributed by atoms with Crippen molar-refractivity contribution in [1.29, 1.82) is 0 Å². The van der Waals surface area contributed by atoms with Crippen LogP contribution in [0.1, 0.15) is 0 Å². The molecule has 0 aliphatic heterocycles. The summed E-state index contributed by atoms with van der Waals surface area (Å²) >= 11 is 6.34. The van der Waals surface area contributed by atoms with Crippen LogP contribution in [0.4, 0.5) is 15.8 Å². The highest BCUT2D eigenvalue weighted by molar-refractivity contribution is 9.10. The Morgan fingerprint density at radius 3 is 2.50 bits per heavy atom. The quantitative estimate of drug-likeness (QED) is 0.738. The van der Waals surface area contributed by atoms with Crippen LogP contribution >= 0.6 is 31.9 Å². The third-order valence-electron chi connectivity index (χ3n) is 2.44. The first-order chi connectivity index (χ1) is 9.29. The van der Waals surface area contributed by atoms with Gasteiger partial charge in [-0.05, 0) is 52.3 Å². The maximum Gasteiger partial charge on any atom is 0.264 e. The molecule has 0 aliphatic carbocycles. The largest absolute Gasteiger partial charge is 0.398 e. The monoisotopic (exact) mass is 422 g/mol. The number of nitrogens with one attached hydrogen (secondary N) is 1. The van der Waals surface area contributed by atoms with E-state index < -0.39 is 15.8 Å². The van der Waals surface area contributed by atoms with Crippen LogP contribution in [0, 0.1) is 5.82 Å². The van der Waals surface area contributed by atoms with Gasteiger partial charge in [0.05, 0.1) is 11.4 Å². The summed E-state index contributed by atoms with van der Waals surface area (Å²) in [6, 6.07) is 8.19. The van der Waals surface area contributed by atoms with E-state index in [-0.39, 0.29) is 16.3 Å². The molecule has 0 atom stereocenters. The number of nitrogens with two attached hydrogens (primary N) is 1. The number of halogens is 3. The highest BCUT2D eigenvalue weighted by atomic mass is 79.9. The standard InChI is InChI=1S/C12H9Br2FN2O2S/c13-7-1-4-10(16)12(5-7)20(18,19)17-11-6-8(15)2-3-9(11)14/h1-6,17H,16H2. The van der Waals surface area contributed by atoms with Crippen molar-refractivity contribution >= 4 is 53.3 Å². The summed E-state index contributed by atoms with van der Waals surface area (Å²) in [4.78, 5) is -0.0805. The van der Waals surface area contributed by atoms with E-state index in [0.29, 0.717) is 8.95 Å². The highest BCUT2D eigenvalue weighted by Gasteiger charge is 2.19. The lowest BCUT2D eigenvalue weighted by Gasteiger charge is -2.12. The van der Waals surface area contributed by atoms with Crippen molar-refractivity contribution in [2.75, 3.05) is 10.5 Å². The second-order valence-electron chi connectivity index (χ2n) is 3.91. The van der Waals surface area contributed by atoms with Gasteiger partial charge in [-0.2, -0.15) is 0 Å². The summed E-state index contributed by atoms with van der Waals surface area (Å²) in [5.74, 6) is -0.548. The van der Waals surface area contributed by atoms with Gasteiger partial charge in [0.1, 0.15) is 10.7 Å². The van der Waals surface area contributed by atoms with Crippen molar-refractivity contribution in [2.24, 2.45) is 0 Å². The molecule has 0 aliphatic rings. The molecule has 20 heavy (non-hydrogen) atoms. The minimum atomic E-state index is -3.91. The van der Waals surface area contributed by atoms with Gasteiger partial charge in [-0.1, -0.05) is 15.9 Å². The first-order valence-electron chi connectivity index (χ1n) is 5.32. The molecule has 2 rings (SSSR count). The van der Waals surface area contributed by atoms with E-state index in [2.05, 4.69) is 36.6 Å². The average Bonchev–Trinajstić information content (AvgIpc) is 2.36. The minimum Gasteiger partial charge on any atom is -0.398 e. The fraction of sp³-hybridized carbons (Fsp3) is 0. The van der Waals surface area contributed by atoms with Crippen LogP contribution in [0.2, 0.25) is 0 Å². The van der Waals surface area contributed by atoms with Gasteiger partial charge in [0.2, 0.25) is 0 Å². The van der Waals surface area contributed by atoms with Gasteiger partial charge in [0.15, 0.2) is 0 Å². The molecule has 0 aromatic heterocycles. The second kappa shape index (κ2) is 5.71. The predicted octanol–water partition coefficient (Wildman–Crippen LogP) is 3.73. The minimum absolute atomic E-state index is 0.0805. The summed E-state index contributed by atoms with van der Waals surface area (Å²) in [6.07, 6.45) is 0. The molecule has 0 radical (unpaired) electrons. The molecule has 0 amide bonds. The van der Waals surface area contributed by atoms with Crippen molar-refractivity contribution in [3.05, 3.63) is 51.2 Å². The fourth-order valence-electron chi connectivity index (χ4n) is 1.52. The average molecular weight is 424 g/mol. The van der Waals surface area contributed by atoms with E-state index in [1.54, 1.807) is 6.07 Å². The first-order valence-corrected chi connectivity index (χ1v) is 8.39. The Bertz CT molecular complexity index is 766. The van der Waals surface area contributed by atoms with Crippen LogP contribution in [0.5, 0.6) is 0 Å². The normalized spacial score (nSPS) is 11.3. The maximum atomic E-state index is 13.2. The van der Waals surface area contributed by atoms with Crippen LogP contribution in [-0.4, -0.2) is 8.42 Å². The number of sulfonamides is 1. The number of hydrogen-bond acceptors (Lipinski definition) is 3. The number of nitrogen functional groups attached to an aromatic ring is 1. The van der Waals surface area contributed by atoms with E-state index in [4.69, 9.17) is 5.73 Å². The molecule has 2 aromatic rings. The first kappa shape index (κ1) is 15.3. The zero-order valence-corrected chi connectivity index (χ0v) is 13.9. The number of rotatable bonds is 3. The van der Waals surface area contributed by atoms with Gasteiger partial charge in [-0.15, -0.1) is 0 Å². The third-order valence-corrected chi connectivity index (χ3v) is 5.04. The molecule has 0 spiro atoms. The molecule has 4 nitrogen and oxygen atoms in total. The van der Waals surface area contributed by atoms with Crippen LogP contribution in [0.3, 0.4) is 0 Å². The Morgan fingerprint density at radius 1 is 1.10 bits per heavy atom. The molecular weight excluding hydrogens is 415 g/mol. The lowest BCUT2D eigenvalue weighted by Crippen LogP contribution is -2.15. The van der Waals surface area contributed by atoms with Crippen molar-refractivity contribution in [2.45, 2.75) is 4.90 Å².